The van der Waals surface area contributed by atoms with Crippen molar-refractivity contribution < 1.29 is 23.0 Å². The third kappa shape index (κ3) is 4.15. The van der Waals surface area contributed by atoms with Gasteiger partial charge in [0, 0.05) is 25.0 Å². The fourth-order valence-corrected chi connectivity index (χ4v) is 3.54. The van der Waals surface area contributed by atoms with Gasteiger partial charge in [-0.2, -0.15) is 5.10 Å². The predicted molar refractivity (Wildman–Crippen MR) is 115 cm³/mol. The monoisotopic (exact) mass is 445 g/mol. The lowest BCUT2D eigenvalue weighted by molar-refractivity contribution is 0.0381. The number of aryl methyl sites for hydroxylation is 1. The number of carbonyl (C=O) groups excluding carboxylic acids is 1. The first kappa shape index (κ1) is 22.1. The van der Waals surface area contributed by atoms with Crippen LogP contribution in [0, 0.1) is 18.6 Å². The van der Waals surface area contributed by atoms with Crippen LogP contribution in [-0.4, -0.2) is 46.7 Å². The fourth-order valence-electron chi connectivity index (χ4n) is 3.54. The van der Waals surface area contributed by atoms with Crippen LogP contribution in [0.4, 0.5) is 19.3 Å². The number of hydrogen-bond acceptors (Lipinski definition) is 6. The molecular formula is C22H25F2N5O3. The van der Waals surface area contributed by atoms with Crippen LogP contribution in [-0.2, 0) is 9.47 Å². The summed E-state index contributed by atoms with van der Waals surface area (Å²) in [5.41, 5.74) is 1.70. The summed E-state index contributed by atoms with van der Waals surface area (Å²) >= 11 is 0. The maximum atomic E-state index is 14.1. The van der Waals surface area contributed by atoms with Gasteiger partial charge in [-0.1, -0.05) is 0 Å². The summed E-state index contributed by atoms with van der Waals surface area (Å²) < 4.78 is 40.5. The zero-order valence-corrected chi connectivity index (χ0v) is 18.6. The van der Waals surface area contributed by atoms with Crippen molar-refractivity contribution in [3.05, 3.63) is 41.6 Å². The first-order valence-corrected chi connectivity index (χ1v) is 10.2. The zero-order chi connectivity index (χ0) is 23.2. The van der Waals surface area contributed by atoms with E-state index >= 15 is 0 Å². The summed E-state index contributed by atoms with van der Waals surface area (Å²) in [7, 11) is 1.60. The Kier molecular flexibility index (Phi) is 5.59. The van der Waals surface area contributed by atoms with Crippen LogP contribution < -0.4 is 10.2 Å². The van der Waals surface area contributed by atoms with Crippen molar-refractivity contribution in [2.75, 3.05) is 25.1 Å². The van der Waals surface area contributed by atoms with Crippen molar-refractivity contribution in [1.29, 1.82) is 0 Å². The van der Waals surface area contributed by atoms with E-state index in [1.54, 1.807) is 46.9 Å². The molecule has 1 saturated heterocycles. The van der Waals surface area contributed by atoms with Crippen LogP contribution in [0.25, 0.3) is 22.3 Å². The fraction of sp³-hybridized carbons (Fsp3) is 0.409. The molecule has 170 valence electrons. The van der Waals surface area contributed by atoms with E-state index in [0.29, 0.717) is 46.8 Å². The normalized spacial score (nSPS) is 16.5. The van der Waals surface area contributed by atoms with Gasteiger partial charge in [0.1, 0.15) is 11.3 Å². The quantitative estimate of drug-likeness (QED) is 0.653. The molecule has 1 unspecified atom stereocenters. The lowest BCUT2D eigenvalue weighted by atomic mass is 10.1. The highest BCUT2D eigenvalue weighted by Gasteiger charge is 2.26. The molecule has 3 aromatic rings. The number of carbonyl (C=O) groups is 1. The average Bonchev–Trinajstić information content (AvgIpc) is 3.34. The first-order valence-electron chi connectivity index (χ1n) is 10.2. The number of pyridine rings is 1. The molecule has 1 amide bonds. The number of rotatable bonds is 3. The van der Waals surface area contributed by atoms with E-state index in [9.17, 15) is 13.6 Å². The number of aromatic nitrogens is 3. The van der Waals surface area contributed by atoms with Crippen molar-refractivity contribution in [3.63, 3.8) is 0 Å². The number of benzene rings is 1. The molecule has 1 aliphatic heterocycles. The number of ether oxygens (including phenoxy) is 2. The first-order chi connectivity index (χ1) is 15.0. The van der Waals surface area contributed by atoms with Gasteiger partial charge in [0.05, 0.1) is 29.2 Å². The molecule has 0 bridgehead atoms. The van der Waals surface area contributed by atoms with E-state index in [1.807, 2.05) is 0 Å². The lowest BCUT2D eigenvalue weighted by Crippen LogP contribution is -2.34. The number of hydrogen-bond donors (Lipinski definition) is 1. The van der Waals surface area contributed by atoms with Crippen molar-refractivity contribution in [2.45, 2.75) is 39.6 Å². The number of anilines is 1. The molecule has 0 aliphatic carbocycles. The minimum absolute atomic E-state index is 0.380. The Morgan fingerprint density at radius 1 is 1.28 bits per heavy atom. The second-order valence-corrected chi connectivity index (χ2v) is 8.59. The smallest absolute Gasteiger partial charge is 0.414 e. The van der Waals surface area contributed by atoms with E-state index in [2.05, 4.69) is 15.4 Å². The van der Waals surface area contributed by atoms with Gasteiger partial charge < -0.3 is 9.47 Å². The second kappa shape index (κ2) is 8.10. The molecule has 10 heteroatoms. The Labute approximate surface area is 184 Å². The van der Waals surface area contributed by atoms with Crippen LogP contribution >= 0.6 is 0 Å². The number of halogens is 2. The number of amides is 1. The number of nitrogens with one attached hydrogen (secondary N) is 1. The van der Waals surface area contributed by atoms with Crippen LogP contribution in [0.15, 0.2) is 24.3 Å². The summed E-state index contributed by atoms with van der Waals surface area (Å²) in [4.78, 5) is 18.4. The SMILES string of the molecule is Cc1nc(-c2nn(C3NCCO3)c3cc(F)c(F)cc23)ccc1N(C)C(=O)OC(C)(C)C. The molecular weight excluding hydrogens is 420 g/mol. The molecule has 8 nitrogen and oxygen atoms in total. The summed E-state index contributed by atoms with van der Waals surface area (Å²) in [6.45, 7) is 8.22. The summed E-state index contributed by atoms with van der Waals surface area (Å²) in [6, 6.07) is 5.61. The van der Waals surface area contributed by atoms with E-state index in [4.69, 9.17) is 9.47 Å². The Morgan fingerprint density at radius 3 is 2.62 bits per heavy atom. The van der Waals surface area contributed by atoms with Crippen LogP contribution in [0.2, 0.25) is 0 Å². The van der Waals surface area contributed by atoms with Gasteiger partial charge in [0.2, 0.25) is 6.35 Å². The van der Waals surface area contributed by atoms with Crippen molar-refractivity contribution in [3.8, 4) is 11.4 Å². The molecule has 1 N–H and O–H groups in total. The van der Waals surface area contributed by atoms with Gasteiger partial charge >= 0.3 is 6.09 Å². The van der Waals surface area contributed by atoms with Crippen molar-refractivity contribution >= 4 is 22.7 Å². The third-order valence-corrected chi connectivity index (χ3v) is 5.00. The summed E-state index contributed by atoms with van der Waals surface area (Å²) in [6.07, 6.45) is -1.10. The van der Waals surface area contributed by atoms with E-state index in [-0.39, 0.29) is 0 Å². The van der Waals surface area contributed by atoms with Gasteiger partial charge in [-0.3, -0.25) is 10.2 Å². The Hall–Kier alpha value is -3.11. The Bertz CT molecular complexity index is 1180. The molecule has 3 heterocycles. The van der Waals surface area contributed by atoms with Crippen molar-refractivity contribution in [1.82, 2.24) is 20.1 Å². The number of nitrogens with zero attached hydrogens (tertiary/aromatic N) is 4. The molecule has 0 radical (unpaired) electrons. The molecule has 0 saturated carbocycles. The maximum absolute atomic E-state index is 14.1. The molecule has 0 spiro atoms. The van der Waals surface area contributed by atoms with E-state index < -0.39 is 29.7 Å². The van der Waals surface area contributed by atoms with Crippen molar-refractivity contribution in [2.24, 2.45) is 0 Å². The standard InChI is InChI=1S/C22H25F2N5O3/c1-12-17(28(5)21(30)32-22(2,3)4)7-6-16(26-12)19-13-10-14(23)15(24)11-18(13)29(27-19)20-25-8-9-31-20/h6-7,10-11,20,25H,8-9H2,1-5H3. The minimum Gasteiger partial charge on any atom is -0.443 e. The van der Waals surface area contributed by atoms with Gasteiger partial charge in [0.15, 0.2) is 11.6 Å². The van der Waals surface area contributed by atoms with Crippen LogP contribution in [0.3, 0.4) is 0 Å². The molecule has 1 atom stereocenters. The zero-order valence-electron chi connectivity index (χ0n) is 18.6. The van der Waals surface area contributed by atoms with Gasteiger partial charge in [-0.15, -0.1) is 0 Å². The van der Waals surface area contributed by atoms with Gasteiger partial charge in [-0.25, -0.2) is 23.2 Å². The van der Waals surface area contributed by atoms with Gasteiger partial charge in [0.25, 0.3) is 0 Å². The highest BCUT2D eigenvalue weighted by molar-refractivity contribution is 5.93. The minimum atomic E-state index is -0.975. The Balaban J connectivity index is 1.75. The highest BCUT2D eigenvalue weighted by atomic mass is 19.2. The molecule has 1 fully saturated rings. The molecule has 2 aromatic heterocycles. The molecule has 4 rings (SSSR count). The van der Waals surface area contributed by atoms with E-state index in [1.165, 1.54) is 9.58 Å². The number of fused-ring (bicyclic) bond motifs is 1. The second-order valence-electron chi connectivity index (χ2n) is 8.59. The molecule has 1 aliphatic rings. The highest BCUT2D eigenvalue weighted by Crippen LogP contribution is 2.32. The molecule has 1 aromatic carbocycles. The van der Waals surface area contributed by atoms with Crippen LogP contribution in [0.5, 0.6) is 0 Å². The maximum Gasteiger partial charge on any atom is 0.414 e. The topological polar surface area (TPSA) is 81.5 Å². The van der Waals surface area contributed by atoms with Crippen LogP contribution in [0.1, 0.15) is 32.8 Å². The summed E-state index contributed by atoms with van der Waals surface area (Å²) in [5, 5.41) is 8.07. The van der Waals surface area contributed by atoms with E-state index in [0.717, 1.165) is 12.1 Å². The summed E-state index contributed by atoms with van der Waals surface area (Å²) in [5.74, 6) is -1.95. The lowest BCUT2D eigenvalue weighted by Gasteiger charge is -2.25. The predicted octanol–water partition coefficient (Wildman–Crippen LogP) is 4.13. The third-order valence-electron chi connectivity index (χ3n) is 5.00. The van der Waals surface area contributed by atoms with Gasteiger partial charge in [-0.05, 0) is 45.9 Å². The Morgan fingerprint density at radius 2 is 2.00 bits per heavy atom. The largest absolute Gasteiger partial charge is 0.443 e. The average molecular weight is 445 g/mol. The molecule has 32 heavy (non-hydrogen) atoms.